The Morgan fingerprint density at radius 2 is 1.70 bits per heavy atom. The van der Waals surface area contributed by atoms with Crippen molar-refractivity contribution < 1.29 is 26.7 Å². The largest absolute Gasteiger partial charge is 0.416 e. The van der Waals surface area contributed by atoms with Crippen LogP contribution in [0.25, 0.3) is 0 Å². The molecule has 1 heterocycles. The first-order valence-corrected chi connectivity index (χ1v) is 9.50. The van der Waals surface area contributed by atoms with Crippen LogP contribution in [0.4, 0.5) is 22.0 Å². The first-order valence-electron chi connectivity index (χ1n) is 9.50. The van der Waals surface area contributed by atoms with E-state index in [1.54, 1.807) is 6.92 Å². The summed E-state index contributed by atoms with van der Waals surface area (Å²) in [6, 6.07) is 7.41. The second kappa shape index (κ2) is 7.81. The molecule has 8 heteroatoms. The number of nitrogens with two attached hydrogens (primary N) is 1. The number of ketones is 1. The molecule has 1 unspecified atom stereocenters. The van der Waals surface area contributed by atoms with Gasteiger partial charge < -0.3 is 5.73 Å². The minimum atomic E-state index is -4.52. The number of carbonyl (C=O) groups excluding carboxylic acids is 1. The van der Waals surface area contributed by atoms with E-state index in [-0.39, 0.29) is 17.2 Å². The highest BCUT2D eigenvalue weighted by Gasteiger charge is 2.48. The third kappa shape index (κ3) is 3.82. The molecule has 0 radical (unpaired) electrons. The van der Waals surface area contributed by atoms with Crippen molar-refractivity contribution in [3.63, 3.8) is 0 Å². The number of halogens is 5. The standard InChI is InChI=1S/C22H21F5N2O/c1-3-4-15-19(30)18(12-5-7-13(8-6-12)22(25,26)27)21(2,29-20(15)28)14-9-10-16(23)17(24)11-14/h5-11,15,18H,3-4H2,1-2H3,(H2,28,29)/t15?,18-,21-/m1/s1. The lowest BCUT2D eigenvalue weighted by molar-refractivity contribution is -0.137. The molecular formula is C22H21F5N2O. The van der Waals surface area contributed by atoms with Crippen LogP contribution in [-0.4, -0.2) is 11.6 Å². The van der Waals surface area contributed by atoms with E-state index in [1.165, 1.54) is 18.2 Å². The summed E-state index contributed by atoms with van der Waals surface area (Å²) in [5, 5.41) is 0. The monoisotopic (exact) mass is 424 g/mol. The van der Waals surface area contributed by atoms with Crippen molar-refractivity contribution in [2.45, 2.75) is 44.3 Å². The molecule has 0 aliphatic carbocycles. The summed E-state index contributed by atoms with van der Waals surface area (Å²) < 4.78 is 66.3. The maximum atomic E-state index is 13.9. The number of aliphatic imine (C=N–C) groups is 1. The van der Waals surface area contributed by atoms with Gasteiger partial charge in [0.25, 0.3) is 0 Å². The number of hydrogen-bond donors (Lipinski definition) is 1. The summed E-state index contributed by atoms with van der Waals surface area (Å²) in [5.41, 5.74) is 4.33. The van der Waals surface area contributed by atoms with Gasteiger partial charge >= 0.3 is 6.18 Å². The first kappa shape index (κ1) is 21.9. The molecule has 0 saturated heterocycles. The lowest BCUT2D eigenvalue weighted by atomic mass is 9.68. The molecule has 3 rings (SSSR count). The Labute approximate surface area is 170 Å². The SMILES string of the molecule is CCCC1C(=O)[C@@H](c2ccc(C(F)(F)F)cc2)[C@@](C)(c2ccc(F)c(F)c2)N=C1N. The van der Waals surface area contributed by atoms with Crippen LogP contribution < -0.4 is 5.73 Å². The third-order valence-electron chi connectivity index (χ3n) is 5.56. The van der Waals surface area contributed by atoms with Crippen LogP contribution in [0, 0.1) is 17.6 Å². The lowest BCUT2D eigenvalue weighted by Crippen LogP contribution is -2.47. The molecule has 0 aromatic heterocycles. The fourth-order valence-corrected chi connectivity index (χ4v) is 4.01. The van der Waals surface area contributed by atoms with Crippen LogP contribution in [-0.2, 0) is 16.5 Å². The lowest BCUT2D eigenvalue weighted by Gasteiger charge is -2.40. The molecule has 0 spiro atoms. The predicted molar refractivity (Wildman–Crippen MR) is 103 cm³/mol. The van der Waals surface area contributed by atoms with E-state index < -0.39 is 40.7 Å². The molecule has 30 heavy (non-hydrogen) atoms. The van der Waals surface area contributed by atoms with E-state index >= 15 is 0 Å². The Morgan fingerprint density at radius 3 is 2.23 bits per heavy atom. The third-order valence-corrected chi connectivity index (χ3v) is 5.56. The normalized spacial score (nSPS) is 24.6. The molecule has 2 N–H and O–H groups in total. The highest BCUT2D eigenvalue weighted by molar-refractivity contribution is 6.08. The summed E-state index contributed by atoms with van der Waals surface area (Å²) >= 11 is 0. The predicted octanol–water partition coefficient (Wildman–Crippen LogP) is 5.34. The van der Waals surface area contributed by atoms with Crippen LogP contribution >= 0.6 is 0 Å². The van der Waals surface area contributed by atoms with Gasteiger partial charge in [-0.05, 0) is 48.7 Å². The van der Waals surface area contributed by atoms with Gasteiger partial charge in [0.15, 0.2) is 17.4 Å². The Bertz CT molecular complexity index is 984. The van der Waals surface area contributed by atoms with Gasteiger partial charge in [0.05, 0.1) is 22.9 Å². The molecule has 0 saturated carbocycles. The zero-order chi connectivity index (χ0) is 22.3. The van der Waals surface area contributed by atoms with E-state index in [0.29, 0.717) is 18.4 Å². The van der Waals surface area contributed by atoms with Crippen molar-refractivity contribution in [1.29, 1.82) is 0 Å². The Morgan fingerprint density at radius 1 is 1.07 bits per heavy atom. The van der Waals surface area contributed by atoms with Gasteiger partial charge in [-0.1, -0.05) is 31.5 Å². The number of hydrogen-bond acceptors (Lipinski definition) is 3. The van der Waals surface area contributed by atoms with Crippen molar-refractivity contribution in [3.05, 3.63) is 70.8 Å². The number of Topliss-reactive ketones (excluding diaryl/α,β-unsaturated/α-hetero) is 1. The van der Waals surface area contributed by atoms with Gasteiger partial charge in [0, 0.05) is 0 Å². The number of nitrogens with zero attached hydrogens (tertiary/aromatic N) is 1. The Kier molecular flexibility index (Phi) is 5.71. The highest BCUT2D eigenvalue weighted by Crippen LogP contribution is 2.46. The van der Waals surface area contributed by atoms with Crippen molar-refractivity contribution in [3.8, 4) is 0 Å². The second-order valence-electron chi connectivity index (χ2n) is 7.61. The molecule has 0 bridgehead atoms. The van der Waals surface area contributed by atoms with Crippen molar-refractivity contribution in [1.82, 2.24) is 0 Å². The van der Waals surface area contributed by atoms with Gasteiger partial charge in [0.2, 0.25) is 0 Å². The number of amidine groups is 1. The fourth-order valence-electron chi connectivity index (χ4n) is 4.01. The van der Waals surface area contributed by atoms with E-state index in [0.717, 1.165) is 24.3 Å². The second-order valence-corrected chi connectivity index (χ2v) is 7.61. The molecule has 0 fully saturated rings. The van der Waals surface area contributed by atoms with Gasteiger partial charge in [-0.15, -0.1) is 0 Å². The van der Waals surface area contributed by atoms with Crippen molar-refractivity contribution in [2.75, 3.05) is 0 Å². The maximum Gasteiger partial charge on any atom is 0.416 e. The van der Waals surface area contributed by atoms with Crippen LogP contribution in [0.1, 0.15) is 49.3 Å². The maximum absolute atomic E-state index is 13.9. The molecule has 2 aromatic carbocycles. The smallest absolute Gasteiger partial charge is 0.387 e. The van der Waals surface area contributed by atoms with Crippen LogP contribution in [0.15, 0.2) is 47.5 Å². The van der Waals surface area contributed by atoms with Crippen LogP contribution in [0.3, 0.4) is 0 Å². The molecular weight excluding hydrogens is 403 g/mol. The number of benzene rings is 2. The summed E-state index contributed by atoms with van der Waals surface area (Å²) in [6.07, 6.45) is -3.45. The average molecular weight is 424 g/mol. The number of carbonyl (C=O) groups is 1. The topological polar surface area (TPSA) is 55.5 Å². The van der Waals surface area contributed by atoms with E-state index in [1.807, 2.05) is 6.92 Å². The van der Waals surface area contributed by atoms with Crippen LogP contribution in [0.2, 0.25) is 0 Å². The molecule has 0 amide bonds. The Balaban J connectivity index is 2.18. The fraction of sp³-hybridized carbons (Fsp3) is 0.364. The first-order chi connectivity index (χ1) is 14.0. The summed E-state index contributed by atoms with van der Waals surface area (Å²) in [4.78, 5) is 17.9. The van der Waals surface area contributed by atoms with E-state index in [9.17, 15) is 26.7 Å². The van der Waals surface area contributed by atoms with Gasteiger partial charge in [-0.25, -0.2) is 8.78 Å². The van der Waals surface area contributed by atoms with E-state index in [2.05, 4.69) is 4.99 Å². The molecule has 2 aromatic rings. The summed E-state index contributed by atoms with van der Waals surface area (Å²) in [6.45, 7) is 3.42. The quantitative estimate of drug-likeness (QED) is 0.674. The Hall–Kier alpha value is -2.77. The zero-order valence-corrected chi connectivity index (χ0v) is 16.4. The highest BCUT2D eigenvalue weighted by atomic mass is 19.4. The summed E-state index contributed by atoms with van der Waals surface area (Å²) in [7, 11) is 0. The van der Waals surface area contributed by atoms with Gasteiger partial charge in [-0.3, -0.25) is 9.79 Å². The number of rotatable bonds is 4. The summed E-state index contributed by atoms with van der Waals surface area (Å²) in [5.74, 6) is -4.10. The van der Waals surface area contributed by atoms with Crippen molar-refractivity contribution in [2.24, 2.45) is 16.6 Å². The van der Waals surface area contributed by atoms with E-state index in [4.69, 9.17) is 5.73 Å². The minimum absolute atomic E-state index is 0.0808. The van der Waals surface area contributed by atoms with Gasteiger partial charge in [0.1, 0.15) is 5.84 Å². The molecule has 1 aliphatic heterocycles. The zero-order valence-electron chi connectivity index (χ0n) is 16.4. The molecule has 3 atom stereocenters. The number of alkyl halides is 3. The van der Waals surface area contributed by atoms with Gasteiger partial charge in [-0.2, -0.15) is 13.2 Å². The van der Waals surface area contributed by atoms with Crippen LogP contribution in [0.5, 0.6) is 0 Å². The molecule has 1 aliphatic rings. The molecule has 3 nitrogen and oxygen atoms in total. The van der Waals surface area contributed by atoms with Crippen molar-refractivity contribution >= 4 is 11.6 Å². The molecule has 160 valence electrons. The minimum Gasteiger partial charge on any atom is -0.387 e. The average Bonchev–Trinajstić information content (AvgIpc) is 2.67.